The minimum Gasteiger partial charge on any atom is -0.396 e. The summed E-state index contributed by atoms with van der Waals surface area (Å²) in [5.74, 6) is -0.0533. The molecule has 2 aromatic carbocycles. The number of hydrogen-bond donors (Lipinski definition) is 3. The van der Waals surface area contributed by atoms with E-state index in [2.05, 4.69) is 20.6 Å². The summed E-state index contributed by atoms with van der Waals surface area (Å²) in [6.45, 7) is 1.67. The number of hydrogen-bond acceptors (Lipinski definition) is 7. The van der Waals surface area contributed by atoms with Crippen molar-refractivity contribution in [1.82, 2.24) is 20.2 Å². The first-order valence-electron chi connectivity index (χ1n) is 13.3. The molecule has 2 aliphatic heterocycles. The zero-order valence-corrected chi connectivity index (χ0v) is 22.2. The molecular formula is C29H30ClN5O4. The molecule has 0 unspecified atom stereocenters. The first-order valence-corrected chi connectivity index (χ1v) is 13.7. The molecule has 0 radical (unpaired) electrons. The lowest BCUT2D eigenvalue weighted by Gasteiger charge is -2.23. The van der Waals surface area contributed by atoms with Gasteiger partial charge in [0.15, 0.2) is 0 Å². The van der Waals surface area contributed by atoms with Gasteiger partial charge in [0.05, 0.1) is 23.0 Å². The van der Waals surface area contributed by atoms with Gasteiger partial charge in [-0.3, -0.25) is 9.59 Å². The zero-order chi connectivity index (χ0) is 26.9. The van der Waals surface area contributed by atoms with Crippen molar-refractivity contribution in [3.8, 4) is 11.3 Å². The molecule has 0 spiro atoms. The van der Waals surface area contributed by atoms with Crippen LogP contribution in [0.25, 0.3) is 11.3 Å². The number of benzene rings is 2. The summed E-state index contributed by atoms with van der Waals surface area (Å²) in [6, 6.07) is 13.4. The number of nitrogens with zero attached hydrogens (tertiary/aromatic N) is 3. The van der Waals surface area contributed by atoms with Crippen molar-refractivity contribution in [2.75, 3.05) is 31.7 Å². The van der Waals surface area contributed by atoms with Crippen LogP contribution in [0.1, 0.15) is 45.9 Å². The van der Waals surface area contributed by atoms with Crippen molar-refractivity contribution < 1.29 is 19.4 Å². The molecule has 2 atom stereocenters. The number of fused-ring (bicyclic) bond motifs is 2. The number of halogens is 1. The molecule has 3 aromatic rings. The van der Waals surface area contributed by atoms with E-state index in [1.54, 1.807) is 12.3 Å². The maximum absolute atomic E-state index is 13.3. The van der Waals surface area contributed by atoms with Crippen molar-refractivity contribution in [3.05, 3.63) is 75.9 Å². The van der Waals surface area contributed by atoms with Crippen LogP contribution in [0, 0.1) is 5.92 Å². The molecule has 1 aliphatic carbocycles. The molecule has 10 heteroatoms. The molecule has 1 aromatic heterocycles. The first-order chi connectivity index (χ1) is 19.0. The fraction of sp³-hybridized carbons (Fsp3) is 0.379. The number of nitrogens with one attached hydrogen (secondary N) is 2. The summed E-state index contributed by atoms with van der Waals surface area (Å²) >= 11 is 6.46. The summed E-state index contributed by atoms with van der Waals surface area (Å²) in [4.78, 5) is 36.8. The van der Waals surface area contributed by atoms with Gasteiger partial charge in [0.1, 0.15) is 6.54 Å². The molecule has 9 nitrogen and oxygen atoms in total. The van der Waals surface area contributed by atoms with Gasteiger partial charge < -0.3 is 25.4 Å². The highest BCUT2D eigenvalue weighted by molar-refractivity contribution is 6.33. The van der Waals surface area contributed by atoms with Crippen LogP contribution in [-0.4, -0.2) is 64.2 Å². The van der Waals surface area contributed by atoms with E-state index in [9.17, 15) is 14.7 Å². The summed E-state index contributed by atoms with van der Waals surface area (Å²) in [5.41, 5.74) is 4.80. The lowest BCUT2D eigenvalue weighted by atomic mass is 10.0. The Kier molecular flexibility index (Phi) is 7.20. The summed E-state index contributed by atoms with van der Waals surface area (Å²) < 4.78 is 5.42. The Morgan fingerprint density at radius 1 is 1.15 bits per heavy atom. The molecule has 3 N–H and O–H groups in total. The summed E-state index contributed by atoms with van der Waals surface area (Å²) in [6.07, 6.45) is 4.04. The lowest BCUT2D eigenvalue weighted by Crippen LogP contribution is -2.40. The monoisotopic (exact) mass is 547 g/mol. The third-order valence-corrected chi connectivity index (χ3v) is 8.07. The van der Waals surface area contributed by atoms with Crippen LogP contribution in [-0.2, 0) is 22.5 Å². The Morgan fingerprint density at radius 3 is 2.79 bits per heavy atom. The van der Waals surface area contributed by atoms with Crippen LogP contribution in [0.15, 0.2) is 48.7 Å². The molecule has 202 valence electrons. The SMILES string of the molecule is O=C(CN1Cc2ccc(-c3nc(NC4CCOCC4)ncc3Cl)cc2C1=O)N[C@@H]1c2ccccc2C[C@@H]1CO. The van der Waals surface area contributed by atoms with Gasteiger partial charge in [-0.15, -0.1) is 0 Å². The van der Waals surface area contributed by atoms with E-state index >= 15 is 0 Å². The molecule has 3 aliphatic rings. The zero-order valence-electron chi connectivity index (χ0n) is 21.4. The van der Waals surface area contributed by atoms with Gasteiger partial charge in [-0.05, 0) is 42.0 Å². The Labute approximate surface area is 231 Å². The number of carbonyl (C=O) groups excluding carboxylic acids is 2. The van der Waals surface area contributed by atoms with E-state index in [1.807, 2.05) is 36.4 Å². The summed E-state index contributed by atoms with van der Waals surface area (Å²) in [7, 11) is 0. The molecule has 39 heavy (non-hydrogen) atoms. The highest BCUT2D eigenvalue weighted by atomic mass is 35.5. The number of carbonyl (C=O) groups is 2. The van der Waals surface area contributed by atoms with Gasteiger partial charge in [-0.1, -0.05) is 48.0 Å². The minimum absolute atomic E-state index is 0.0194. The molecule has 0 bridgehead atoms. The van der Waals surface area contributed by atoms with Crippen molar-refractivity contribution in [1.29, 1.82) is 0 Å². The largest absolute Gasteiger partial charge is 0.396 e. The Balaban J connectivity index is 1.15. The van der Waals surface area contributed by atoms with Gasteiger partial charge in [0.25, 0.3) is 5.91 Å². The highest BCUT2D eigenvalue weighted by Gasteiger charge is 2.35. The van der Waals surface area contributed by atoms with E-state index in [0.29, 0.717) is 54.0 Å². The molecule has 3 heterocycles. The number of aromatic nitrogens is 2. The second kappa shape index (κ2) is 10.9. The second-order valence-corrected chi connectivity index (χ2v) is 10.8. The van der Waals surface area contributed by atoms with Crippen LogP contribution in [0.3, 0.4) is 0 Å². The number of anilines is 1. The number of aliphatic hydroxyl groups excluding tert-OH is 1. The lowest BCUT2D eigenvalue weighted by molar-refractivity contribution is -0.123. The van der Waals surface area contributed by atoms with Crippen molar-refractivity contribution in [3.63, 3.8) is 0 Å². The molecule has 0 saturated carbocycles. The summed E-state index contributed by atoms with van der Waals surface area (Å²) in [5, 5.41) is 16.7. The Morgan fingerprint density at radius 2 is 1.97 bits per heavy atom. The van der Waals surface area contributed by atoms with Crippen LogP contribution < -0.4 is 10.6 Å². The average molecular weight is 548 g/mol. The standard InChI is InChI=1S/C29H30ClN5O4/c30-24-13-31-29(32-21-7-9-39-10-8-21)34-27(24)18-5-6-19-14-35(28(38)23(19)12-18)15-25(37)33-26-20(16-36)11-17-3-1-2-4-22(17)26/h1-6,12-13,20-21,26,36H,7-11,14-16H2,(H,33,37)(H,31,32,34)/t20-,26+/m1/s1. The van der Waals surface area contributed by atoms with Gasteiger partial charge in [0.2, 0.25) is 11.9 Å². The van der Waals surface area contributed by atoms with Crippen LogP contribution >= 0.6 is 11.6 Å². The number of ether oxygens (including phenoxy) is 1. The quantitative estimate of drug-likeness (QED) is 0.415. The smallest absolute Gasteiger partial charge is 0.254 e. The van der Waals surface area contributed by atoms with Gasteiger partial charge in [-0.25, -0.2) is 9.97 Å². The molecule has 6 rings (SSSR count). The molecule has 2 amide bonds. The van der Waals surface area contributed by atoms with E-state index in [-0.39, 0.29) is 43.0 Å². The maximum Gasteiger partial charge on any atom is 0.254 e. The van der Waals surface area contributed by atoms with Crippen LogP contribution in [0.4, 0.5) is 5.95 Å². The predicted octanol–water partition coefficient (Wildman–Crippen LogP) is 3.37. The van der Waals surface area contributed by atoms with Crippen molar-refractivity contribution in [2.24, 2.45) is 5.92 Å². The second-order valence-electron chi connectivity index (χ2n) is 10.3. The minimum atomic E-state index is -0.269. The Bertz CT molecular complexity index is 1410. The van der Waals surface area contributed by atoms with E-state index in [1.165, 1.54) is 4.90 Å². The van der Waals surface area contributed by atoms with Gasteiger partial charge in [0, 0.05) is 49.5 Å². The fourth-order valence-electron chi connectivity index (χ4n) is 5.74. The van der Waals surface area contributed by atoms with Crippen LogP contribution in [0.5, 0.6) is 0 Å². The highest BCUT2D eigenvalue weighted by Crippen LogP contribution is 2.36. The third kappa shape index (κ3) is 5.22. The molecule has 1 saturated heterocycles. The Hall–Kier alpha value is -3.53. The molecular weight excluding hydrogens is 518 g/mol. The number of rotatable bonds is 7. The van der Waals surface area contributed by atoms with E-state index in [0.717, 1.165) is 29.5 Å². The first kappa shape index (κ1) is 25.7. The van der Waals surface area contributed by atoms with Gasteiger partial charge in [-0.2, -0.15) is 0 Å². The normalized spacial score (nSPS) is 20.6. The van der Waals surface area contributed by atoms with E-state index < -0.39 is 0 Å². The predicted molar refractivity (Wildman–Crippen MR) is 146 cm³/mol. The van der Waals surface area contributed by atoms with Crippen molar-refractivity contribution in [2.45, 2.75) is 37.9 Å². The number of amides is 2. The maximum atomic E-state index is 13.3. The average Bonchev–Trinajstić information content (AvgIpc) is 3.46. The van der Waals surface area contributed by atoms with Gasteiger partial charge >= 0.3 is 0 Å². The van der Waals surface area contributed by atoms with E-state index in [4.69, 9.17) is 16.3 Å². The topological polar surface area (TPSA) is 117 Å². The molecule has 1 fully saturated rings. The number of aliphatic hydroxyl groups is 1. The third-order valence-electron chi connectivity index (χ3n) is 7.79. The van der Waals surface area contributed by atoms with Crippen LogP contribution in [0.2, 0.25) is 5.02 Å². The van der Waals surface area contributed by atoms with Crippen molar-refractivity contribution >= 4 is 29.4 Å². The fourth-order valence-corrected chi connectivity index (χ4v) is 5.94.